The number of aryl methyl sites for hydroxylation is 1. The van der Waals surface area contributed by atoms with E-state index in [0.29, 0.717) is 0 Å². The van der Waals surface area contributed by atoms with E-state index in [1.807, 2.05) is 4.98 Å². The van der Waals surface area contributed by atoms with Gasteiger partial charge in [-0.3, -0.25) is 37.2 Å². The number of phosphoric ester groups is 2. The molecule has 2 aliphatic heterocycles. The van der Waals surface area contributed by atoms with Crippen molar-refractivity contribution in [1.29, 1.82) is 0 Å². The van der Waals surface area contributed by atoms with E-state index in [2.05, 4.69) is 36.9 Å². The predicted octanol–water partition coefficient (Wildman–Crippen LogP) is -3.00. The summed E-state index contributed by atoms with van der Waals surface area (Å²) >= 11 is 0. The number of nitrogens with one attached hydrogen (secondary N) is 1. The zero-order valence-electron chi connectivity index (χ0n) is 29.3. The minimum Gasteiger partial charge on any atom is -0.756 e. The van der Waals surface area contributed by atoms with Crippen LogP contribution in [0, 0.1) is 6.92 Å². The fraction of sp³-hybridized carbons (Fsp3) is 0.550. The van der Waals surface area contributed by atoms with Crippen molar-refractivity contribution in [2.75, 3.05) is 18.9 Å². The molecule has 2 saturated heterocycles. The van der Waals surface area contributed by atoms with E-state index in [1.54, 1.807) is 0 Å². The summed E-state index contributed by atoms with van der Waals surface area (Å²) in [6, 6.07) is 0. The van der Waals surface area contributed by atoms with Gasteiger partial charge in [0.25, 0.3) is 36.9 Å². The lowest BCUT2D eigenvalue weighted by Gasteiger charge is -2.36. The number of hydrogen-bond acceptors (Lipinski definition) is 24. The Kier molecular flexibility index (Phi) is 17.0. The van der Waals surface area contributed by atoms with Crippen molar-refractivity contribution >= 4 is 48.3 Å². The second kappa shape index (κ2) is 18.7. The number of aromatic amines is 1. The Morgan fingerprint density at radius 1 is 0.836 bits per heavy atom. The van der Waals surface area contributed by atoms with Crippen LogP contribution in [-0.2, 0) is 49.7 Å². The van der Waals surface area contributed by atoms with Crippen LogP contribution < -0.4 is 61.2 Å². The maximum absolute atomic E-state index is 12.2. The van der Waals surface area contributed by atoms with Gasteiger partial charge >= 0.3 is 5.69 Å². The number of nitrogens with zero attached hydrogens (tertiary/aromatic N) is 5. The molecule has 5 heterocycles. The van der Waals surface area contributed by atoms with Gasteiger partial charge in [-0.25, -0.2) is 32.7 Å². The van der Waals surface area contributed by atoms with Crippen LogP contribution >= 0.6 is 31.3 Å². The molecule has 0 radical (unpaired) electrons. The lowest BCUT2D eigenvalue weighted by atomic mass is 10.1. The van der Waals surface area contributed by atoms with Crippen molar-refractivity contribution in [1.82, 2.24) is 53.7 Å². The highest BCUT2D eigenvalue weighted by Gasteiger charge is 2.45. The van der Waals surface area contributed by atoms with Crippen molar-refractivity contribution in [3.63, 3.8) is 0 Å². The first-order valence-electron chi connectivity index (χ1n) is 13.8. The van der Waals surface area contributed by atoms with E-state index in [-0.39, 0.29) is 53.6 Å². The Bertz CT molecular complexity index is 2100. The molecular formula is C20H41N11O20P4. The highest BCUT2D eigenvalue weighted by Crippen LogP contribution is 2.66. The number of rotatable bonds is 14. The minimum absolute atomic E-state index is 0. The van der Waals surface area contributed by atoms with Crippen LogP contribution in [0.4, 0.5) is 5.82 Å². The number of ether oxygens (including phenoxy) is 2. The molecule has 11 atom stereocenters. The highest BCUT2D eigenvalue weighted by molar-refractivity contribution is 7.68. The Hall–Kier alpha value is -2.77. The number of nitrogens with two attached hydrogens (primary N) is 1. The van der Waals surface area contributed by atoms with Gasteiger partial charge in [-0.05, 0) is 6.92 Å². The summed E-state index contributed by atoms with van der Waals surface area (Å²) in [4.78, 5) is 85.7. The van der Waals surface area contributed by atoms with Crippen molar-refractivity contribution in [2.24, 2.45) is 0 Å². The van der Waals surface area contributed by atoms with Crippen LogP contribution in [0.1, 0.15) is 24.4 Å². The maximum atomic E-state index is 12.2. The van der Waals surface area contributed by atoms with Crippen LogP contribution in [0.15, 0.2) is 28.4 Å². The molecule has 6 unspecified atom stereocenters. The lowest BCUT2D eigenvalue weighted by Crippen LogP contribution is -2.34. The van der Waals surface area contributed by atoms with Gasteiger partial charge in [0.15, 0.2) is 17.7 Å². The molecule has 0 aliphatic carbocycles. The second-order valence-corrected chi connectivity index (χ2v) is 16.7. The third kappa shape index (κ3) is 11.9. The van der Waals surface area contributed by atoms with Crippen LogP contribution in [0.3, 0.4) is 0 Å². The quantitative estimate of drug-likeness (QED) is 0.0728. The first-order valence-corrected chi connectivity index (χ1v) is 19.7. The fourth-order valence-corrected chi connectivity index (χ4v) is 9.51. The Morgan fingerprint density at radius 3 is 1.96 bits per heavy atom. The van der Waals surface area contributed by atoms with E-state index >= 15 is 0 Å². The number of nitrogen functional groups attached to an aromatic ring is 1. The Morgan fingerprint density at radius 2 is 1.38 bits per heavy atom. The zero-order chi connectivity index (χ0) is 37.7. The third-order valence-electron chi connectivity index (χ3n) is 7.05. The number of hydrogen-bond donors (Lipinski definition) is 9. The predicted molar refractivity (Wildman–Crippen MR) is 176 cm³/mol. The van der Waals surface area contributed by atoms with E-state index in [0.717, 1.165) is 28.0 Å². The molecule has 0 aromatic carbocycles. The van der Waals surface area contributed by atoms with E-state index < -0.39 is 98.7 Å². The molecule has 55 heavy (non-hydrogen) atoms. The molecule has 316 valence electrons. The molecule has 0 amide bonds. The smallest absolute Gasteiger partial charge is 0.330 e. The first-order chi connectivity index (χ1) is 23.6. The molecule has 3 aromatic rings. The Labute approximate surface area is 307 Å². The van der Waals surface area contributed by atoms with Crippen LogP contribution in [0.5, 0.6) is 0 Å². The molecule has 35 heteroatoms. The van der Waals surface area contributed by atoms with Gasteiger partial charge in [0.05, 0.1) is 25.6 Å². The number of anilines is 1. The molecule has 2 fully saturated rings. The molecule has 0 saturated carbocycles. The number of quaternary nitrogens is 4. The summed E-state index contributed by atoms with van der Waals surface area (Å²) in [7, 11) is -25.3. The number of aromatic nitrogens is 6. The molecule has 22 N–H and O–H groups in total. The van der Waals surface area contributed by atoms with Gasteiger partial charge in [0, 0.05) is 18.2 Å². The van der Waals surface area contributed by atoms with Gasteiger partial charge in [0.1, 0.15) is 42.5 Å². The third-order valence-corrected chi connectivity index (χ3v) is 12.8. The number of aliphatic hydroxyl groups excluding tert-OH is 3. The zero-order valence-corrected chi connectivity index (χ0v) is 32.9. The summed E-state index contributed by atoms with van der Waals surface area (Å²) < 4.78 is 80.5. The second-order valence-electron chi connectivity index (χ2n) is 10.7. The first kappa shape index (κ1) is 50.2. The topological polar surface area (TPSA) is 556 Å². The van der Waals surface area contributed by atoms with Gasteiger partial charge in [-0.15, -0.1) is 0 Å². The largest absolute Gasteiger partial charge is 0.756 e. The summed E-state index contributed by atoms with van der Waals surface area (Å²) in [5, 5.41) is 31.0. The average Bonchev–Trinajstić information content (AvgIpc) is 3.67. The number of aliphatic hydroxyl groups is 3. The van der Waals surface area contributed by atoms with Crippen molar-refractivity contribution in [2.45, 2.75) is 56.3 Å². The van der Waals surface area contributed by atoms with Gasteiger partial charge in [-0.1, -0.05) is 0 Å². The highest BCUT2D eigenvalue weighted by atomic mass is 31.3. The monoisotopic (exact) mass is 879 g/mol. The normalized spacial score (nSPS) is 27.9. The van der Waals surface area contributed by atoms with Crippen LogP contribution in [0.25, 0.3) is 11.2 Å². The van der Waals surface area contributed by atoms with Crippen molar-refractivity contribution in [3.8, 4) is 0 Å². The SMILES string of the molecule is Cc1cn([C@H]2CC(O)[C@@H](COP(=O)([O-])OP(=O)([O-])OP(=O)([O-])OP(=O)([O-])OC[C@H]3O[C@@H](n4cnc5c(N)ncnc54)[C@@H](O)C3O)O2)c(=O)[nH]c1=O.[NH4+].[NH4+].[NH4+].[NH4+]. The summed E-state index contributed by atoms with van der Waals surface area (Å²) in [6.45, 7) is -1.00. The van der Waals surface area contributed by atoms with Crippen LogP contribution in [-0.4, -0.2) is 88.1 Å². The molecule has 3 aromatic heterocycles. The summed E-state index contributed by atoms with van der Waals surface area (Å²) in [5.41, 5.74) is 4.31. The minimum atomic E-state index is -6.58. The van der Waals surface area contributed by atoms with Crippen molar-refractivity contribution in [3.05, 3.63) is 45.3 Å². The molecule has 2 aliphatic rings. The summed E-state index contributed by atoms with van der Waals surface area (Å²) in [6.07, 6.45) is -8.05. The lowest BCUT2D eigenvalue weighted by molar-refractivity contribution is -0.255. The van der Waals surface area contributed by atoms with E-state index in [9.17, 15) is 62.7 Å². The van der Waals surface area contributed by atoms with Gasteiger partial charge < -0.3 is 83.8 Å². The maximum Gasteiger partial charge on any atom is 0.330 e. The molecule has 0 spiro atoms. The number of phosphoric acid groups is 4. The van der Waals surface area contributed by atoms with Crippen LogP contribution in [0.2, 0.25) is 0 Å². The van der Waals surface area contributed by atoms with Gasteiger partial charge in [-0.2, -0.15) is 0 Å². The molecule has 0 bridgehead atoms. The number of fused-ring (bicyclic) bond motifs is 1. The van der Waals surface area contributed by atoms with E-state index in [4.69, 9.17) is 15.2 Å². The van der Waals surface area contributed by atoms with E-state index in [1.165, 1.54) is 6.92 Å². The average molecular weight is 880 g/mol. The van der Waals surface area contributed by atoms with Gasteiger partial charge in [0.2, 0.25) is 0 Å². The number of H-pyrrole nitrogens is 1. The molecule has 5 rings (SSSR count). The fourth-order valence-electron chi connectivity index (χ4n) is 4.76. The number of imidazole rings is 1. The standard InChI is InChI=1S/C20H29N7O20P4.4H3N/c1-8-3-26(20(32)25-18(8)31)12-2-9(28)10(43-12)4-41-48(33,34)45-50(37,38)47-51(39,40)46-49(35,36)42-5-11-14(29)15(30)19(44-11)27-7-24-13-16(21)22-6-23-17(13)27;;;;/h3,6-7,9-12,14-15,19,28-30H,2,4-5H2,1H3,(H,33,34)(H,35,36)(H,37,38)(H,39,40)(H2,21,22,23)(H,25,31,32);4*1H3/t9?,10-,11-,12-,14?,15+,19-;;;;/m1..../s1. The Balaban J connectivity index is 0.00000378. The van der Waals surface area contributed by atoms with Crippen molar-refractivity contribution < 1.29 is 84.6 Å². The molecular weight excluding hydrogens is 838 g/mol. The summed E-state index contributed by atoms with van der Waals surface area (Å²) in [5.74, 6) is -0.0363. The molecule has 31 nitrogen and oxygen atoms in total.